The number of halogens is 4. The lowest BCUT2D eigenvalue weighted by Gasteiger charge is -2.39. The van der Waals surface area contributed by atoms with E-state index in [9.17, 15) is 31.9 Å². The first kappa shape index (κ1) is 34.9. The van der Waals surface area contributed by atoms with Crippen molar-refractivity contribution in [2.75, 3.05) is 18.4 Å². The monoisotopic (exact) mass is 673 g/mol. The van der Waals surface area contributed by atoms with Crippen LogP contribution in [0.25, 0.3) is 11.1 Å². The maximum Gasteiger partial charge on any atom is 0.387 e. The Balaban J connectivity index is 1.51. The van der Waals surface area contributed by atoms with Gasteiger partial charge in [-0.15, -0.1) is 0 Å². The lowest BCUT2D eigenvalue weighted by molar-refractivity contribution is -0.113. The van der Waals surface area contributed by atoms with Crippen LogP contribution in [0.3, 0.4) is 0 Å². The van der Waals surface area contributed by atoms with Crippen molar-refractivity contribution in [1.29, 1.82) is 0 Å². The highest BCUT2D eigenvalue weighted by molar-refractivity contribution is 6.05. The van der Waals surface area contributed by atoms with E-state index in [2.05, 4.69) is 41.1 Å². The summed E-state index contributed by atoms with van der Waals surface area (Å²) in [7, 11) is 0. The van der Waals surface area contributed by atoms with Gasteiger partial charge in [-0.1, -0.05) is 13.8 Å². The number of aromatic nitrogens is 2. The van der Waals surface area contributed by atoms with Crippen molar-refractivity contribution < 1.29 is 36.6 Å². The molecule has 0 radical (unpaired) electrons. The summed E-state index contributed by atoms with van der Waals surface area (Å²) < 4.78 is 65.2. The molecule has 5 rings (SSSR count). The van der Waals surface area contributed by atoms with Crippen LogP contribution < -0.4 is 25.7 Å². The molecule has 2 aliphatic rings. The number of nitrogens with one attached hydrogen (secondary N) is 2. The highest BCUT2D eigenvalue weighted by Gasteiger charge is 2.46. The topological polar surface area (TPSA) is 115 Å². The molecule has 1 saturated carbocycles. The summed E-state index contributed by atoms with van der Waals surface area (Å²) in [6.07, 6.45) is 3.08. The van der Waals surface area contributed by atoms with E-state index in [-0.39, 0.29) is 57.9 Å². The third kappa shape index (κ3) is 8.33. The fraction of sp³-hybridized carbons (Fsp3) is 0.471. The molecule has 0 spiro atoms. The molecule has 2 N–H and O–H groups in total. The summed E-state index contributed by atoms with van der Waals surface area (Å²) in [6.45, 7) is 5.35. The molecule has 1 aromatic carbocycles. The Hall–Kier alpha value is -4.46. The third-order valence-corrected chi connectivity index (χ3v) is 8.20. The molecule has 0 unspecified atom stereocenters. The summed E-state index contributed by atoms with van der Waals surface area (Å²) in [4.78, 5) is 45.7. The quantitative estimate of drug-likeness (QED) is 0.211. The number of amides is 2. The van der Waals surface area contributed by atoms with Gasteiger partial charge in [0.1, 0.15) is 17.1 Å². The molecule has 48 heavy (non-hydrogen) atoms. The van der Waals surface area contributed by atoms with Gasteiger partial charge in [0, 0.05) is 30.9 Å². The van der Waals surface area contributed by atoms with E-state index in [4.69, 9.17) is 4.74 Å². The Bertz CT molecular complexity index is 1730. The molecular weight excluding hydrogens is 634 g/mol. The number of nitrogens with zero attached hydrogens (tertiary/aromatic N) is 3. The van der Waals surface area contributed by atoms with Crippen molar-refractivity contribution >= 4 is 17.6 Å². The molecule has 1 aliphatic carbocycles. The number of carbonyl (C=O) groups excluding carboxylic acids is 2. The van der Waals surface area contributed by atoms with E-state index in [1.807, 2.05) is 0 Å². The van der Waals surface area contributed by atoms with Crippen molar-refractivity contribution in [3.05, 3.63) is 69.6 Å². The van der Waals surface area contributed by atoms with Gasteiger partial charge in [-0.3, -0.25) is 14.4 Å². The molecule has 2 amide bonds. The highest BCUT2D eigenvalue weighted by atomic mass is 19.3. The normalized spacial score (nSPS) is 16.2. The van der Waals surface area contributed by atoms with Crippen molar-refractivity contribution in [3.63, 3.8) is 0 Å². The first-order chi connectivity index (χ1) is 22.6. The van der Waals surface area contributed by atoms with Crippen molar-refractivity contribution in [2.45, 2.75) is 84.7 Å². The van der Waals surface area contributed by atoms with Crippen molar-refractivity contribution in [1.82, 2.24) is 19.8 Å². The van der Waals surface area contributed by atoms with Crippen molar-refractivity contribution in [3.8, 4) is 22.8 Å². The maximum absolute atomic E-state index is 13.7. The molecule has 0 bridgehead atoms. The fourth-order valence-electron chi connectivity index (χ4n) is 5.22. The lowest BCUT2D eigenvalue weighted by atomic mass is 9.97. The summed E-state index contributed by atoms with van der Waals surface area (Å²) in [5, 5.41) is 6.10. The van der Waals surface area contributed by atoms with Crippen LogP contribution >= 0.6 is 0 Å². The predicted octanol–water partition coefficient (Wildman–Crippen LogP) is 6.11. The van der Waals surface area contributed by atoms with E-state index < -0.39 is 43.0 Å². The van der Waals surface area contributed by atoms with Gasteiger partial charge in [0.15, 0.2) is 0 Å². The summed E-state index contributed by atoms with van der Waals surface area (Å²) in [5.74, 6) is -4.53. The van der Waals surface area contributed by atoms with Crippen LogP contribution in [0.1, 0.15) is 79.8 Å². The average molecular weight is 674 g/mol. The molecule has 2 aromatic heterocycles. The Morgan fingerprint density at radius 3 is 2.31 bits per heavy atom. The predicted molar refractivity (Wildman–Crippen MR) is 171 cm³/mol. The van der Waals surface area contributed by atoms with Gasteiger partial charge in [-0.05, 0) is 86.6 Å². The molecular formula is C34H39F4N5O5. The smallest absolute Gasteiger partial charge is 0.387 e. The van der Waals surface area contributed by atoms with E-state index in [0.717, 1.165) is 29.4 Å². The number of carbonyl (C=O) groups is 2. The summed E-state index contributed by atoms with van der Waals surface area (Å²) >= 11 is 0. The number of anilines is 1. The first-order valence-corrected chi connectivity index (χ1v) is 15.8. The van der Waals surface area contributed by atoms with Gasteiger partial charge in [0.25, 0.3) is 23.3 Å². The Morgan fingerprint density at radius 2 is 1.71 bits per heavy atom. The van der Waals surface area contributed by atoms with Gasteiger partial charge >= 0.3 is 6.61 Å². The van der Waals surface area contributed by atoms with Crippen LogP contribution in [-0.4, -0.2) is 64.0 Å². The second kappa shape index (κ2) is 14.0. The minimum atomic E-state index is -3.18. The number of hydrogen-bond donors (Lipinski definition) is 2. The van der Waals surface area contributed by atoms with Crippen LogP contribution in [0.5, 0.6) is 11.6 Å². The van der Waals surface area contributed by atoms with Gasteiger partial charge in [0.2, 0.25) is 5.88 Å². The maximum atomic E-state index is 13.7. The van der Waals surface area contributed by atoms with E-state index in [0.29, 0.717) is 12.5 Å². The van der Waals surface area contributed by atoms with Gasteiger partial charge in [-0.25, -0.2) is 8.78 Å². The number of pyridine rings is 2. The third-order valence-electron chi connectivity index (χ3n) is 8.20. The van der Waals surface area contributed by atoms with Gasteiger partial charge in [-0.2, -0.15) is 13.8 Å². The molecule has 3 aromatic rings. The zero-order chi connectivity index (χ0) is 34.9. The van der Waals surface area contributed by atoms with E-state index >= 15 is 0 Å². The molecule has 1 atom stereocenters. The molecule has 2 fully saturated rings. The van der Waals surface area contributed by atoms with E-state index in [1.54, 1.807) is 30.7 Å². The SMILES string of the molecule is CC(C)Oc1cc(-c2ccc(OC(F)F)cc2C(=O)N2CC(F)(F)C2)cc(NC(=O)c2cc(CN[C@@H](C)C(C)C)cn(C3CC3)c2=O)n1. The molecule has 1 saturated heterocycles. The fourth-order valence-corrected chi connectivity index (χ4v) is 5.22. The standard InChI is InChI=1S/C34H39F4N5O5/c1-18(2)20(5)39-14-21-10-27(32(46)43(15-21)23-6-7-23)30(44)41-28-11-22(12-29(40-28)47-19(3)4)25-9-8-24(48-33(35)36)13-26(25)31(45)42-16-34(37,38)17-42/h8-13,15,18-20,23,33,39H,6-7,14,16-17H2,1-5H3,(H,40,41,44)/t20-/m0/s1. The number of ether oxygens (including phenoxy) is 2. The minimum absolute atomic E-state index is 0.0124. The molecule has 10 nitrogen and oxygen atoms in total. The zero-order valence-electron chi connectivity index (χ0n) is 27.4. The second-order valence-electron chi connectivity index (χ2n) is 12.9. The van der Waals surface area contributed by atoms with Crippen LogP contribution in [-0.2, 0) is 6.54 Å². The van der Waals surface area contributed by atoms with Crippen LogP contribution in [0.15, 0.2) is 47.4 Å². The number of rotatable bonds is 13. The second-order valence-corrected chi connectivity index (χ2v) is 12.9. The zero-order valence-corrected chi connectivity index (χ0v) is 27.4. The first-order valence-electron chi connectivity index (χ1n) is 15.8. The average Bonchev–Trinajstić information content (AvgIpc) is 3.83. The number of hydrogen-bond acceptors (Lipinski definition) is 7. The molecule has 1 aliphatic heterocycles. The van der Waals surface area contributed by atoms with Crippen molar-refractivity contribution in [2.24, 2.45) is 5.92 Å². The Morgan fingerprint density at radius 1 is 1.00 bits per heavy atom. The number of likely N-dealkylation sites (tertiary alicyclic amines) is 1. The highest BCUT2D eigenvalue weighted by Crippen LogP contribution is 2.36. The summed E-state index contributed by atoms with van der Waals surface area (Å²) in [6, 6.07) is 8.26. The summed E-state index contributed by atoms with van der Waals surface area (Å²) in [5.41, 5.74) is 0.499. The number of alkyl halides is 4. The molecule has 3 heterocycles. The van der Waals surface area contributed by atoms with Gasteiger partial charge < -0.3 is 29.6 Å². The Kier molecular flexibility index (Phi) is 10.1. The largest absolute Gasteiger partial charge is 0.475 e. The number of benzene rings is 1. The molecule has 258 valence electrons. The Labute approximate surface area is 275 Å². The van der Waals surface area contributed by atoms with Crippen LogP contribution in [0, 0.1) is 5.92 Å². The van der Waals surface area contributed by atoms with Crippen LogP contribution in [0.2, 0.25) is 0 Å². The van der Waals surface area contributed by atoms with E-state index in [1.165, 1.54) is 24.3 Å². The minimum Gasteiger partial charge on any atom is -0.475 e. The van der Waals surface area contributed by atoms with Crippen LogP contribution in [0.4, 0.5) is 23.4 Å². The van der Waals surface area contributed by atoms with Gasteiger partial charge in [0.05, 0.1) is 24.8 Å². The lowest BCUT2D eigenvalue weighted by Crippen LogP contribution is -2.58. The molecule has 14 heteroatoms.